The van der Waals surface area contributed by atoms with Crippen molar-refractivity contribution in [3.05, 3.63) is 11.1 Å². The number of amides is 1. The number of piperidine rings is 1. The quantitative estimate of drug-likeness (QED) is 0.839. The Morgan fingerprint density at radius 3 is 2.71 bits per heavy atom. The van der Waals surface area contributed by atoms with Crippen LogP contribution in [0.25, 0.3) is 0 Å². The number of carbonyl (C=O) groups is 1. The SMILES string of the molecule is CCNC(=O)C1CCN(Cn2ncn(C3CC3)c2=S)CC1. The van der Waals surface area contributed by atoms with E-state index in [2.05, 4.69) is 19.9 Å². The summed E-state index contributed by atoms with van der Waals surface area (Å²) in [6, 6.07) is 0.578. The molecule has 0 spiro atoms. The van der Waals surface area contributed by atoms with E-state index in [0.717, 1.165) is 37.4 Å². The summed E-state index contributed by atoms with van der Waals surface area (Å²) in [6.07, 6.45) is 6.14. The van der Waals surface area contributed by atoms with Crippen LogP contribution in [0.4, 0.5) is 0 Å². The predicted octanol–water partition coefficient (Wildman–Crippen LogP) is 1.55. The van der Waals surface area contributed by atoms with Crippen LogP contribution in [-0.4, -0.2) is 44.8 Å². The lowest BCUT2D eigenvalue weighted by molar-refractivity contribution is -0.126. The summed E-state index contributed by atoms with van der Waals surface area (Å²) in [5, 5.41) is 7.33. The highest BCUT2D eigenvalue weighted by molar-refractivity contribution is 7.71. The van der Waals surface area contributed by atoms with E-state index in [1.807, 2.05) is 17.9 Å². The molecule has 21 heavy (non-hydrogen) atoms. The third-order valence-electron chi connectivity index (χ3n) is 4.34. The fourth-order valence-corrected chi connectivity index (χ4v) is 3.20. The molecular weight excluding hydrogens is 286 g/mol. The molecule has 1 saturated heterocycles. The Kier molecular flexibility index (Phi) is 4.40. The molecule has 0 radical (unpaired) electrons. The third-order valence-corrected chi connectivity index (χ3v) is 4.76. The zero-order valence-corrected chi connectivity index (χ0v) is 13.3. The zero-order valence-electron chi connectivity index (χ0n) is 12.5. The average molecular weight is 309 g/mol. The molecule has 1 aliphatic carbocycles. The maximum Gasteiger partial charge on any atom is 0.223 e. The van der Waals surface area contributed by atoms with Gasteiger partial charge in [0.05, 0.1) is 6.67 Å². The monoisotopic (exact) mass is 309 g/mol. The first-order chi connectivity index (χ1) is 10.2. The van der Waals surface area contributed by atoms with Gasteiger partial charge in [-0.1, -0.05) is 0 Å². The van der Waals surface area contributed by atoms with E-state index in [1.54, 1.807) is 0 Å². The first-order valence-electron chi connectivity index (χ1n) is 7.83. The molecule has 6 nitrogen and oxygen atoms in total. The van der Waals surface area contributed by atoms with E-state index < -0.39 is 0 Å². The summed E-state index contributed by atoms with van der Waals surface area (Å²) in [5.74, 6) is 0.366. The van der Waals surface area contributed by atoms with Crippen LogP contribution in [0.3, 0.4) is 0 Å². The van der Waals surface area contributed by atoms with Crippen LogP contribution in [0.5, 0.6) is 0 Å². The minimum atomic E-state index is 0.165. The average Bonchev–Trinajstić information content (AvgIpc) is 3.26. The molecule has 1 saturated carbocycles. The molecule has 1 aromatic rings. The molecule has 1 amide bonds. The number of nitrogens with zero attached hydrogens (tertiary/aromatic N) is 4. The second kappa shape index (κ2) is 6.27. The van der Waals surface area contributed by atoms with Crippen molar-refractivity contribution < 1.29 is 4.79 Å². The van der Waals surface area contributed by atoms with Gasteiger partial charge in [0.2, 0.25) is 5.91 Å². The van der Waals surface area contributed by atoms with Crippen molar-refractivity contribution in [2.75, 3.05) is 19.6 Å². The molecule has 0 bridgehead atoms. The molecule has 1 N–H and O–H groups in total. The number of likely N-dealkylation sites (tertiary alicyclic amines) is 1. The van der Waals surface area contributed by atoms with Gasteiger partial charge in [0.1, 0.15) is 6.33 Å². The van der Waals surface area contributed by atoms with E-state index in [4.69, 9.17) is 12.2 Å². The molecule has 1 aliphatic heterocycles. The second-order valence-corrected chi connectivity index (χ2v) is 6.34. The van der Waals surface area contributed by atoms with Crippen LogP contribution in [0.2, 0.25) is 0 Å². The Morgan fingerprint density at radius 2 is 2.10 bits per heavy atom. The Labute approximate surface area is 130 Å². The maximum atomic E-state index is 11.8. The van der Waals surface area contributed by atoms with Crippen molar-refractivity contribution in [1.29, 1.82) is 0 Å². The van der Waals surface area contributed by atoms with E-state index in [-0.39, 0.29) is 11.8 Å². The van der Waals surface area contributed by atoms with Gasteiger partial charge in [0.25, 0.3) is 0 Å². The van der Waals surface area contributed by atoms with Gasteiger partial charge >= 0.3 is 0 Å². The highest BCUT2D eigenvalue weighted by Crippen LogP contribution is 2.34. The normalized spacial score (nSPS) is 20.6. The van der Waals surface area contributed by atoms with Gasteiger partial charge in [0, 0.05) is 31.6 Å². The van der Waals surface area contributed by atoms with Crippen molar-refractivity contribution in [2.45, 2.75) is 45.3 Å². The first kappa shape index (κ1) is 14.7. The number of nitrogens with one attached hydrogen (secondary N) is 1. The van der Waals surface area contributed by atoms with Gasteiger partial charge in [-0.2, -0.15) is 5.10 Å². The van der Waals surface area contributed by atoms with Crippen LogP contribution in [0.1, 0.15) is 38.6 Å². The summed E-state index contributed by atoms with van der Waals surface area (Å²) < 4.78 is 4.83. The number of aromatic nitrogens is 3. The van der Waals surface area contributed by atoms with Crippen molar-refractivity contribution in [3.63, 3.8) is 0 Å². The summed E-state index contributed by atoms with van der Waals surface area (Å²) >= 11 is 5.48. The molecular formula is C14H23N5OS. The van der Waals surface area contributed by atoms with Gasteiger partial charge in [-0.05, 0) is 44.8 Å². The fraction of sp³-hybridized carbons (Fsp3) is 0.786. The highest BCUT2D eigenvalue weighted by atomic mass is 32.1. The minimum Gasteiger partial charge on any atom is -0.356 e. The van der Waals surface area contributed by atoms with Gasteiger partial charge in [-0.15, -0.1) is 0 Å². The lowest BCUT2D eigenvalue weighted by Crippen LogP contribution is -2.41. The second-order valence-electron chi connectivity index (χ2n) is 5.98. The van der Waals surface area contributed by atoms with Gasteiger partial charge < -0.3 is 9.88 Å². The number of hydrogen-bond donors (Lipinski definition) is 1. The van der Waals surface area contributed by atoms with Gasteiger partial charge in [0.15, 0.2) is 4.77 Å². The summed E-state index contributed by atoms with van der Waals surface area (Å²) in [7, 11) is 0. The zero-order chi connectivity index (χ0) is 14.8. The summed E-state index contributed by atoms with van der Waals surface area (Å²) in [5.41, 5.74) is 0. The maximum absolute atomic E-state index is 11.8. The lowest BCUT2D eigenvalue weighted by Gasteiger charge is -2.30. The third kappa shape index (κ3) is 3.35. The van der Waals surface area contributed by atoms with Crippen LogP contribution in [-0.2, 0) is 11.5 Å². The molecule has 0 aromatic carbocycles. The highest BCUT2D eigenvalue weighted by Gasteiger charge is 2.27. The Balaban J connectivity index is 1.53. The molecule has 3 rings (SSSR count). The van der Waals surface area contributed by atoms with Crippen molar-refractivity contribution in [3.8, 4) is 0 Å². The Bertz CT molecular complexity index is 554. The standard InChI is InChI=1S/C14H23N5OS/c1-2-15-13(20)11-5-7-17(8-6-11)10-19-14(21)18(9-16-19)12-3-4-12/h9,11-12H,2-8,10H2,1H3,(H,15,20). The summed E-state index contributed by atoms with van der Waals surface area (Å²) in [6.45, 7) is 5.28. The largest absolute Gasteiger partial charge is 0.356 e. The van der Waals surface area contributed by atoms with E-state index in [9.17, 15) is 4.79 Å². The lowest BCUT2D eigenvalue weighted by atomic mass is 9.96. The van der Waals surface area contributed by atoms with Gasteiger partial charge in [-0.3, -0.25) is 9.69 Å². The molecule has 2 fully saturated rings. The summed E-state index contributed by atoms with van der Waals surface area (Å²) in [4.78, 5) is 14.2. The van der Waals surface area contributed by atoms with Crippen LogP contribution in [0, 0.1) is 10.7 Å². The molecule has 116 valence electrons. The van der Waals surface area contributed by atoms with Crippen LogP contribution in [0.15, 0.2) is 6.33 Å². The molecule has 2 heterocycles. The predicted molar refractivity (Wildman–Crippen MR) is 82.3 cm³/mol. The van der Waals surface area contributed by atoms with E-state index in [1.165, 1.54) is 12.8 Å². The van der Waals surface area contributed by atoms with Crippen LogP contribution >= 0.6 is 12.2 Å². The van der Waals surface area contributed by atoms with Crippen molar-refractivity contribution in [1.82, 2.24) is 24.6 Å². The molecule has 1 aromatic heterocycles. The molecule has 0 unspecified atom stereocenters. The van der Waals surface area contributed by atoms with E-state index >= 15 is 0 Å². The fourth-order valence-electron chi connectivity index (χ4n) is 2.89. The molecule has 0 atom stereocenters. The smallest absolute Gasteiger partial charge is 0.223 e. The molecule has 2 aliphatic rings. The van der Waals surface area contributed by atoms with Crippen LogP contribution < -0.4 is 5.32 Å². The first-order valence-corrected chi connectivity index (χ1v) is 8.24. The molecule has 7 heteroatoms. The topological polar surface area (TPSA) is 55.1 Å². The number of hydrogen-bond acceptors (Lipinski definition) is 4. The van der Waals surface area contributed by atoms with Gasteiger partial charge in [-0.25, -0.2) is 4.68 Å². The van der Waals surface area contributed by atoms with Crippen molar-refractivity contribution in [2.24, 2.45) is 5.92 Å². The minimum absolute atomic E-state index is 0.165. The van der Waals surface area contributed by atoms with E-state index in [0.29, 0.717) is 12.6 Å². The number of rotatable bonds is 5. The Morgan fingerprint density at radius 1 is 1.38 bits per heavy atom. The Hall–Kier alpha value is -1.21. The number of carbonyl (C=O) groups excluding carboxylic acids is 1. The van der Waals surface area contributed by atoms with Crippen molar-refractivity contribution >= 4 is 18.1 Å².